The van der Waals surface area contributed by atoms with Crippen molar-refractivity contribution in [2.24, 2.45) is 0 Å². The van der Waals surface area contributed by atoms with Gasteiger partial charge in [-0.15, -0.1) is 0 Å². The van der Waals surface area contributed by atoms with Crippen molar-refractivity contribution in [2.45, 2.75) is 18.9 Å². The highest BCUT2D eigenvalue weighted by atomic mass is 14.9. The van der Waals surface area contributed by atoms with Crippen LogP contribution in [-0.2, 0) is 0 Å². The van der Waals surface area contributed by atoms with Crippen molar-refractivity contribution in [1.82, 2.24) is 5.32 Å². The molecule has 13 heavy (non-hydrogen) atoms. The van der Waals surface area contributed by atoms with E-state index in [1.54, 1.807) is 0 Å². The van der Waals surface area contributed by atoms with E-state index in [0.29, 0.717) is 6.04 Å². The molecule has 1 fully saturated rings. The molecule has 1 heterocycles. The first kappa shape index (κ1) is 8.28. The van der Waals surface area contributed by atoms with Crippen LogP contribution in [0.3, 0.4) is 0 Å². The molecule has 1 aromatic rings. The Hall–Kier alpha value is -1.33. The van der Waals surface area contributed by atoms with Crippen LogP contribution in [0, 0.1) is 11.3 Å². The summed E-state index contributed by atoms with van der Waals surface area (Å²) in [5, 5.41) is 12.3. The average Bonchev–Trinajstić information content (AvgIpc) is 2.70. The van der Waals surface area contributed by atoms with Gasteiger partial charge in [0.25, 0.3) is 0 Å². The summed E-state index contributed by atoms with van der Waals surface area (Å²) >= 11 is 0. The molecular weight excluding hydrogens is 160 g/mol. The molecule has 0 unspecified atom stereocenters. The predicted molar refractivity (Wildman–Crippen MR) is 51.1 cm³/mol. The van der Waals surface area contributed by atoms with E-state index in [9.17, 15) is 0 Å². The maximum absolute atomic E-state index is 8.90. The molecule has 1 aromatic carbocycles. The van der Waals surface area contributed by atoms with Crippen molar-refractivity contribution in [3.63, 3.8) is 0 Å². The maximum atomic E-state index is 8.90. The van der Waals surface area contributed by atoms with Gasteiger partial charge in [0.1, 0.15) is 0 Å². The molecule has 66 valence electrons. The number of hydrogen-bond donors (Lipinski definition) is 1. The van der Waals surface area contributed by atoms with Crippen LogP contribution in [0.5, 0.6) is 0 Å². The van der Waals surface area contributed by atoms with Crippen LogP contribution >= 0.6 is 0 Å². The second kappa shape index (κ2) is 3.59. The van der Waals surface area contributed by atoms with E-state index in [4.69, 9.17) is 5.26 Å². The van der Waals surface area contributed by atoms with Crippen LogP contribution < -0.4 is 5.32 Å². The molecule has 1 aliphatic heterocycles. The number of nitrogens with one attached hydrogen (secondary N) is 1. The zero-order valence-electron chi connectivity index (χ0n) is 7.46. The summed E-state index contributed by atoms with van der Waals surface area (Å²) < 4.78 is 0. The summed E-state index contributed by atoms with van der Waals surface area (Å²) in [5.74, 6) is 0. The van der Waals surface area contributed by atoms with Crippen LogP contribution in [0.4, 0.5) is 0 Å². The van der Waals surface area contributed by atoms with E-state index in [1.807, 2.05) is 24.3 Å². The number of nitrogens with zero attached hydrogens (tertiary/aromatic N) is 1. The Morgan fingerprint density at radius 1 is 1.38 bits per heavy atom. The molecule has 2 rings (SSSR count). The molecule has 2 nitrogen and oxygen atoms in total. The summed E-state index contributed by atoms with van der Waals surface area (Å²) in [5.41, 5.74) is 1.96. The van der Waals surface area contributed by atoms with Gasteiger partial charge in [0, 0.05) is 6.04 Å². The molecule has 0 saturated carbocycles. The zero-order chi connectivity index (χ0) is 9.10. The second-order valence-electron chi connectivity index (χ2n) is 3.35. The van der Waals surface area contributed by atoms with Gasteiger partial charge in [-0.1, -0.05) is 18.2 Å². The van der Waals surface area contributed by atoms with Crippen LogP contribution in [0.15, 0.2) is 24.3 Å². The van der Waals surface area contributed by atoms with E-state index in [2.05, 4.69) is 11.4 Å². The zero-order valence-corrected chi connectivity index (χ0v) is 7.46. The summed E-state index contributed by atoms with van der Waals surface area (Å²) in [4.78, 5) is 0. The van der Waals surface area contributed by atoms with E-state index in [-0.39, 0.29) is 0 Å². The third-order valence-corrected chi connectivity index (χ3v) is 2.52. The lowest BCUT2D eigenvalue weighted by Crippen LogP contribution is -2.13. The molecule has 1 saturated heterocycles. The maximum Gasteiger partial charge on any atom is 0.0995 e. The van der Waals surface area contributed by atoms with Gasteiger partial charge < -0.3 is 5.32 Å². The standard InChI is InChI=1S/C11H12N2/c12-8-9-4-1-2-5-10(9)11-6-3-7-13-11/h1-2,4-5,11,13H,3,6-7H2/t11-/m0/s1. The summed E-state index contributed by atoms with van der Waals surface area (Å²) in [7, 11) is 0. The molecule has 0 amide bonds. The van der Waals surface area contributed by atoms with E-state index in [1.165, 1.54) is 6.42 Å². The molecule has 1 aliphatic rings. The topological polar surface area (TPSA) is 35.8 Å². The van der Waals surface area contributed by atoms with E-state index in [0.717, 1.165) is 24.1 Å². The quantitative estimate of drug-likeness (QED) is 0.703. The highest BCUT2D eigenvalue weighted by Gasteiger charge is 2.18. The Bertz CT molecular complexity index is 332. The first-order valence-electron chi connectivity index (χ1n) is 4.64. The van der Waals surface area contributed by atoms with Gasteiger partial charge >= 0.3 is 0 Å². The molecule has 0 radical (unpaired) electrons. The van der Waals surface area contributed by atoms with Crippen molar-refractivity contribution < 1.29 is 0 Å². The van der Waals surface area contributed by atoms with Crippen molar-refractivity contribution in [2.75, 3.05) is 6.54 Å². The molecule has 2 heteroatoms. The lowest BCUT2D eigenvalue weighted by Gasteiger charge is -2.11. The third-order valence-electron chi connectivity index (χ3n) is 2.52. The first-order valence-corrected chi connectivity index (χ1v) is 4.64. The molecule has 0 spiro atoms. The fourth-order valence-electron chi connectivity index (χ4n) is 1.85. The molecule has 0 bridgehead atoms. The largest absolute Gasteiger partial charge is 0.310 e. The molecule has 0 aliphatic carbocycles. The summed E-state index contributed by atoms with van der Waals surface area (Å²) in [6, 6.07) is 10.5. The van der Waals surface area contributed by atoms with Gasteiger partial charge in [0.15, 0.2) is 0 Å². The minimum absolute atomic E-state index is 0.399. The molecule has 1 atom stereocenters. The van der Waals surface area contributed by atoms with Crippen LogP contribution in [0.1, 0.15) is 30.0 Å². The fourth-order valence-corrected chi connectivity index (χ4v) is 1.85. The van der Waals surface area contributed by atoms with Gasteiger partial charge in [-0.05, 0) is 31.0 Å². The SMILES string of the molecule is N#Cc1ccccc1[C@@H]1CCCN1. The molecule has 0 aromatic heterocycles. The van der Waals surface area contributed by atoms with Gasteiger partial charge in [-0.3, -0.25) is 0 Å². The number of hydrogen-bond acceptors (Lipinski definition) is 2. The van der Waals surface area contributed by atoms with Crippen molar-refractivity contribution in [3.8, 4) is 6.07 Å². The Morgan fingerprint density at radius 3 is 2.92 bits per heavy atom. The lowest BCUT2D eigenvalue weighted by molar-refractivity contribution is 0.646. The van der Waals surface area contributed by atoms with Gasteiger partial charge in [-0.25, -0.2) is 0 Å². The van der Waals surface area contributed by atoms with Crippen LogP contribution in [-0.4, -0.2) is 6.54 Å². The predicted octanol–water partition coefficient (Wildman–Crippen LogP) is 1.98. The molecular formula is C11H12N2. The third kappa shape index (κ3) is 1.56. The van der Waals surface area contributed by atoms with Crippen LogP contribution in [0.2, 0.25) is 0 Å². The smallest absolute Gasteiger partial charge is 0.0995 e. The summed E-state index contributed by atoms with van der Waals surface area (Å²) in [6.07, 6.45) is 2.36. The fraction of sp³-hybridized carbons (Fsp3) is 0.364. The van der Waals surface area contributed by atoms with Gasteiger partial charge in [-0.2, -0.15) is 5.26 Å². The number of benzene rings is 1. The Labute approximate surface area is 78.2 Å². The molecule has 1 N–H and O–H groups in total. The van der Waals surface area contributed by atoms with Crippen molar-refractivity contribution >= 4 is 0 Å². The minimum atomic E-state index is 0.399. The van der Waals surface area contributed by atoms with Crippen LogP contribution in [0.25, 0.3) is 0 Å². The van der Waals surface area contributed by atoms with Crippen molar-refractivity contribution in [1.29, 1.82) is 5.26 Å². The monoisotopic (exact) mass is 172 g/mol. The summed E-state index contributed by atoms with van der Waals surface area (Å²) in [6.45, 7) is 1.07. The number of rotatable bonds is 1. The second-order valence-corrected chi connectivity index (χ2v) is 3.35. The lowest BCUT2D eigenvalue weighted by atomic mass is 10.0. The van der Waals surface area contributed by atoms with Gasteiger partial charge in [0.2, 0.25) is 0 Å². The van der Waals surface area contributed by atoms with Gasteiger partial charge in [0.05, 0.1) is 11.6 Å². The van der Waals surface area contributed by atoms with Crippen molar-refractivity contribution in [3.05, 3.63) is 35.4 Å². The highest BCUT2D eigenvalue weighted by molar-refractivity contribution is 5.39. The first-order chi connectivity index (χ1) is 6.42. The number of nitriles is 1. The highest BCUT2D eigenvalue weighted by Crippen LogP contribution is 2.25. The minimum Gasteiger partial charge on any atom is -0.310 e. The van der Waals surface area contributed by atoms with E-state index < -0.39 is 0 Å². The Kier molecular flexibility index (Phi) is 2.29. The Balaban J connectivity index is 2.33. The Morgan fingerprint density at radius 2 is 2.23 bits per heavy atom. The average molecular weight is 172 g/mol. The normalized spacial score (nSPS) is 21.3. The van der Waals surface area contributed by atoms with E-state index >= 15 is 0 Å².